The maximum Gasteiger partial charge on any atom is 0.417 e. The van der Waals surface area contributed by atoms with Gasteiger partial charge in [-0.1, -0.05) is 54.6 Å². The number of thioether (sulfide) groups is 1. The third-order valence-corrected chi connectivity index (χ3v) is 6.24. The molecule has 0 saturated carbocycles. The number of benzene rings is 3. The normalized spacial score (nSPS) is 16.8. The van der Waals surface area contributed by atoms with Gasteiger partial charge in [-0.15, -0.1) is 11.8 Å². The molecule has 1 aliphatic heterocycles. The van der Waals surface area contributed by atoms with Crippen LogP contribution in [0, 0.1) is 5.82 Å². The van der Waals surface area contributed by atoms with E-state index in [0.717, 1.165) is 21.6 Å². The molecule has 0 N–H and O–H groups in total. The number of carbonyl (C=O) groups excluding carboxylic acids is 2. The number of nitrogens with zero attached hydrogens (tertiary/aromatic N) is 1. The maximum absolute atomic E-state index is 13.5. The summed E-state index contributed by atoms with van der Waals surface area (Å²) in [5.74, 6) is -0.965. The van der Waals surface area contributed by atoms with Crippen molar-refractivity contribution in [2.75, 3.05) is 12.9 Å². The predicted molar refractivity (Wildman–Crippen MR) is 118 cm³/mol. The third-order valence-electron chi connectivity index (χ3n) is 5.50. The van der Waals surface area contributed by atoms with Crippen LogP contribution in [0.4, 0.5) is 9.18 Å². The molecule has 0 aromatic heterocycles. The molecule has 1 aliphatic rings. The molecule has 158 valence electrons. The first kappa shape index (κ1) is 21.1. The number of hydrogen-bond acceptors (Lipinski definition) is 4. The van der Waals surface area contributed by atoms with E-state index in [9.17, 15) is 14.0 Å². The SMILES string of the molecule is CSc1ccc([C@H](CC(=O)N2C(=O)OC[C@@H]2c2ccccc2)c2ccc(F)cc2)cc1. The second kappa shape index (κ2) is 9.35. The average Bonchev–Trinajstić information content (AvgIpc) is 3.20. The summed E-state index contributed by atoms with van der Waals surface area (Å²) in [6, 6.07) is 23.0. The second-order valence-corrected chi connectivity index (χ2v) is 8.23. The van der Waals surface area contributed by atoms with E-state index >= 15 is 0 Å². The summed E-state index contributed by atoms with van der Waals surface area (Å²) in [5.41, 5.74) is 2.60. The van der Waals surface area contributed by atoms with Gasteiger partial charge in [0.2, 0.25) is 5.91 Å². The molecule has 3 aromatic rings. The van der Waals surface area contributed by atoms with Crippen LogP contribution in [0.15, 0.2) is 83.8 Å². The molecule has 3 aromatic carbocycles. The first-order chi connectivity index (χ1) is 15.1. The Balaban J connectivity index is 1.64. The molecule has 0 unspecified atom stereocenters. The molecule has 2 amide bonds. The van der Waals surface area contributed by atoms with Gasteiger partial charge in [0.25, 0.3) is 0 Å². The highest BCUT2D eigenvalue weighted by Crippen LogP contribution is 2.34. The van der Waals surface area contributed by atoms with Gasteiger partial charge in [-0.2, -0.15) is 0 Å². The molecule has 2 atom stereocenters. The Morgan fingerprint density at radius 1 is 1.03 bits per heavy atom. The zero-order valence-electron chi connectivity index (χ0n) is 17.0. The van der Waals surface area contributed by atoms with Crippen molar-refractivity contribution in [2.24, 2.45) is 0 Å². The molecule has 6 heteroatoms. The zero-order valence-corrected chi connectivity index (χ0v) is 17.8. The van der Waals surface area contributed by atoms with Gasteiger partial charge in [-0.3, -0.25) is 4.79 Å². The summed E-state index contributed by atoms with van der Waals surface area (Å²) in [4.78, 5) is 28.1. The molecule has 0 radical (unpaired) electrons. The highest BCUT2D eigenvalue weighted by molar-refractivity contribution is 7.98. The van der Waals surface area contributed by atoms with Gasteiger partial charge in [-0.25, -0.2) is 14.1 Å². The number of cyclic esters (lactones) is 1. The standard InChI is InChI=1S/C25H22FNO3S/c1-31-21-13-9-18(10-14-21)22(17-7-11-20(26)12-8-17)15-24(28)27-23(16-30-25(27)29)19-5-3-2-4-6-19/h2-14,22-23H,15-16H2,1H3/t22-,23-/m1/s1. The lowest BCUT2D eigenvalue weighted by molar-refractivity contribution is -0.129. The predicted octanol–water partition coefficient (Wildman–Crippen LogP) is 5.79. The number of amides is 2. The molecule has 0 aliphatic carbocycles. The highest BCUT2D eigenvalue weighted by Gasteiger charge is 2.39. The Kier molecular flexibility index (Phi) is 6.37. The minimum atomic E-state index is -0.630. The molecule has 0 spiro atoms. The van der Waals surface area contributed by atoms with Gasteiger partial charge in [-0.05, 0) is 47.2 Å². The number of halogens is 1. The van der Waals surface area contributed by atoms with Gasteiger partial charge in [0.15, 0.2) is 0 Å². The van der Waals surface area contributed by atoms with E-state index in [0.29, 0.717) is 0 Å². The number of hydrogen-bond donors (Lipinski definition) is 0. The number of imide groups is 1. The van der Waals surface area contributed by atoms with Crippen molar-refractivity contribution in [2.45, 2.75) is 23.3 Å². The van der Waals surface area contributed by atoms with Crippen LogP contribution in [-0.2, 0) is 9.53 Å². The molecule has 0 bridgehead atoms. The highest BCUT2D eigenvalue weighted by atomic mass is 32.2. The van der Waals surface area contributed by atoms with E-state index in [2.05, 4.69) is 0 Å². The van der Waals surface area contributed by atoms with Gasteiger partial charge in [0.05, 0.1) is 0 Å². The van der Waals surface area contributed by atoms with Crippen LogP contribution in [0.1, 0.15) is 35.1 Å². The summed E-state index contributed by atoms with van der Waals surface area (Å²) in [6.45, 7) is 0.137. The van der Waals surface area contributed by atoms with Crippen LogP contribution in [0.2, 0.25) is 0 Å². The van der Waals surface area contributed by atoms with Gasteiger partial charge in [0, 0.05) is 17.2 Å². The van der Waals surface area contributed by atoms with Gasteiger partial charge >= 0.3 is 6.09 Å². The maximum atomic E-state index is 13.5. The van der Waals surface area contributed by atoms with Crippen molar-refractivity contribution in [1.82, 2.24) is 4.90 Å². The van der Waals surface area contributed by atoms with E-state index < -0.39 is 12.1 Å². The lowest BCUT2D eigenvalue weighted by atomic mass is 9.88. The van der Waals surface area contributed by atoms with Crippen molar-refractivity contribution in [3.63, 3.8) is 0 Å². The van der Waals surface area contributed by atoms with Crippen molar-refractivity contribution in [3.8, 4) is 0 Å². The minimum Gasteiger partial charge on any atom is -0.446 e. The number of rotatable bonds is 6. The van der Waals surface area contributed by atoms with Crippen LogP contribution < -0.4 is 0 Å². The first-order valence-corrected chi connectivity index (χ1v) is 11.2. The Bertz CT molecular complexity index is 1050. The van der Waals surface area contributed by atoms with Crippen LogP contribution >= 0.6 is 11.8 Å². The molecular formula is C25H22FNO3S. The summed E-state index contributed by atoms with van der Waals surface area (Å²) >= 11 is 1.63. The first-order valence-electron chi connectivity index (χ1n) is 10.00. The van der Waals surface area contributed by atoms with Crippen molar-refractivity contribution in [3.05, 3.63) is 101 Å². The molecule has 1 heterocycles. The summed E-state index contributed by atoms with van der Waals surface area (Å²) in [6.07, 6.45) is 1.44. The average molecular weight is 436 g/mol. The topological polar surface area (TPSA) is 46.6 Å². The molecule has 4 rings (SSSR count). The van der Waals surface area contributed by atoms with Crippen molar-refractivity contribution in [1.29, 1.82) is 0 Å². The van der Waals surface area contributed by atoms with Crippen LogP contribution in [0.5, 0.6) is 0 Å². The van der Waals surface area contributed by atoms with E-state index in [1.54, 1.807) is 23.9 Å². The fraction of sp³-hybridized carbons (Fsp3) is 0.200. The molecular weight excluding hydrogens is 413 g/mol. The number of carbonyl (C=O) groups is 2. The largest absolute Gasteiger partial charge is 0.446 e. The Hall–Kier alpha value is -3.12. The minimum absolute atomic E-state index is 0.0721. The monoisotopic (exact) mass is 435 g/mol. The molecule has 1 fully saturated rings. The second-order valence-electron chi connectivity index (χ2n) is 7.35. The fourth-order valence-corrected chi connectivity index (χ4v) is 4.26. The molecule has 1 saturated heterocycles. The lowest BCUT2D eigenvalue weighted by Gasteiger charge is -2.24. The smallest absolute Gasteiger partial charge is 0.417 e. The fourth-order valence-electron chi connectivity index (χ4n) is 3.85. The van der Waals surface area contributed by atoms with E-state index in [-0.39, 0.29) is 30.7 Å². The summed E-state index contributed by atoms with van der Waals surface area (Å²) in [7, 11) is 0. The summed E-state index contributed by atoms with van der Waals surface area (Å²) in [5, 5.41) is 0. The van der Waals surface area contributed by atoms with Crippen LogP contribution in [0.25, 0.3) is 0 Å². The van der Waals surface area contributed by atoms with Crippen LogP contribution in [0.3, 0.4) is 0 Å². The van der Waals surface area contributed by atoms with E-state index in [1.165, 1.54) is 17.0 Å². The Labute approximate surface area is 185 Å². The Morgan fingerprint density at radius 3 is 2.26 bits per heavy atom. The van der Waals surface area contributed by atoms with Gasteiger partial charge < -0.3 is 4.74 Å². The summed E-state index contributed by atoms with van der Waals surface area (Å²) < 4.78 is 18.7. The third kappa shape index (κ3) is 4.64. The van der Waals surface area contributed by atoms with Gasteiger partial charge in [0.1, 0.15) is 18.5 Å². The quantitative estimate of drug-likeness (QED) is 0.460. The number of ether oxygens (including phenoxy) is 1. The molecule has 31 heavy (non-hydrogen) atoms. The molecule has 4 nitrogen and oxygen atoms in total. The lowest BCUT2D eigenvalue weighted by Crippen LogP contribution is -2.35. The van der Waals surface area contributed by atoms with E-state index in [1.807, 2.05) is 60.9 Å². The Morgan fingerprint density at radius 2 is 1.65 bits per heavy atom. The van der Waals surface area contributed by atoms with Crippen molar-refractivity contribution >= 4 is 23.8 Å². The zero-order chi connectivity index (χ0) is 21.8. The van der Waals surface area contributed by atoms with Crippen molar-refractivity contribution < 1.29 is 18.7 Å². The van der Waals surface area contributed by atoms with Crippen LogP contribution in [-0.4, -0.2) is 29.8 Å². The van der Waals surface area contributed by atoms with E-state index in [4.69, 9.17) is 4.74 Å².